The fraction of sp³-hybridized carbons (Fsp3) is 0.118. The maximum atomic E-state index is 9.98. The summed E-state index contributed by atoms with van der Waals surface area (Å²) in [5.41, 5.74) is 3.01. The largest absolute Gasteiger partial charge is 0.497 e. The maximum Gasteiger partial charge on any atom is 0.347 e. The van der Waals surface area contributed by atoms with Gasteiger partial charge in [0.05, 0.1) is 12.7 Å². The molecule has 0 amide bonds. The molecular weight excluding hydrogens is 236 g/mol. The number of rotatable bonds is 4. The van der Waals surface area contributed by atoms with Crippen molar-refractivity contribution >= 4 is 11.9 Å². The summed E-state index contributed by atoms with van der Waals surface area (Å²) in [6.45, 7) is 2.02. The van der Waals surface area contributed by atoms with Crippen LogP contribution < -0.4 is 4.74 Å². The molecule has 0 radical (unpaired) electrons. The lowest BCUT2D eigenvalue weighted by molar-refractivity contribution is 0.415. The number of allylic oxidation sites excluding steroid dienone is 1. The summed E-state index contributed by atoms with van der Waals surface area (Å²) in [6, 6.07) is 15.4. The summed E-state index contributed by atoms with van der Waals surface area (Å²) in [5.74, 6) is 1.08. The van der Waals surface area contributed by atoms with E-state index in [1.54, 1.807) is 13.2 Å². The van der Waals surface area contributed by atoms with E-state index in [4.69, 9.17) is 4.74 Å². The molecule has 0 fully saturated rings. The second kappa shape index (κ2) is 6.01. The van der Waals surface area contributed by atoms with Crippen molar-refractivity contribution in [1.82, 2.24) is 0 Å². The minimum absolute atomic E-state index is 0.260. The van der Waals surface area contributed by atoms with Crippen molar-refractivity contribution in [3.63, 3.8) is 0 Å². The van der Waals surface area contributed by atoms with Crippen LogP contribution in [0.3, 0.4) is 0 Å². The van der Waals surface area contributed by atoms with E-state index in [1.165, 1.54) is 5.56 Å². The zero-order valence-electron chi connectivity index (χ0n) is 11.1. The van der Waals surface area contributed by atoms with Crippen LogP contribution in [0, 0.1) is 6.92 Å². The van der Waals surface area contributed by atoms with Gasteiger partial charge >= 0.3 is 5.78 Å². The summed E-state index contributed by atoms with van der Waals surface area (Å²) in [7, 11) is 1.64. The summed E-state index contributed by atoms with van der Waals surface area (Å²) < 4.78 is 5.10. The van der Waals surface area contributed by atoms with Gasteiger partial charge in [-0.1, -0.05) is 29.8 Å². The van der Waals surface area contributed by atoms with Crippen molar-refractivity contribution in [1.29, 1.82) is 0 Å². The van der Waals surface area contributed by atoms with Gasteiger partial charge in [-0.15, -0.1) is 0 Å². The highest BCUT2D eigenvalue weighted by Gasteiger charge is 2.06. The molecule has 1 N–H and O–H groups in total. The van der Waals surface area contributed by atoms with Gasteiger partial charge in [-0.2, -0.15) is 0 Å². The highest BCUT2D eigenvalue weighted by Crippen LogP contribution is 2.13. The molecule has 2 heteroatoms. The molecule has 0 heterocycles. The lowest BCUT2D eigenvalue weighted by Gasteiger charge is -1.98. The summed E-state index contributed by atoms with van der Waals surface area (Å²) in [5, 5.41) is 0. The van der Waals surface area contributed by atoms with Gasteiger partial charge in [-0.05, 0) is 42.8 Å². The Morgan fingerprint density at radius 3 is 2.21 bits per heavy atom. The van der Waals surface area contributed by atoms with Crippen molar-refractivity contribution < 1.29 is 9.53 Å². The SMILES string of the molecule is COc1ccc(/C=C/C(=[OH+])c2ccc(C)cc2)cc1. The smallest absolute Gasteiger partial charge is 0.347 e. The molecule has 0 aliphatic rings. The van der Waals surface area contributed by atoms with Gasteiger partial charge in [-0.3, -0.25) is 4.79 Å². The highest BCUT2D eigenvalue weighted by molar-refractivity contribution is 6.07. The summed E-state index contributed by atoms with van der Waals surface area (Å²) >= 11 is 0. The Hall–Kier alpha value is -2.35. The van der Waals surface area contributed by atoms with E-state index in [0.717, 1.165) is 16.9 Å². The molecule has 0 unspecified atom stereocenters. The topological polar surface area (TPSA) is 30.6 Å². The predicted molar refractivity (Wildman–Crippen MR) is 79.3 cm³/mol. The molecule has 0 bridgehead atoms. The molecule has 2 aromatic rings. The van der Waals surface area contributed by atoms with Gasteiger partial charge < -0.3 is 4.74 Å². The third-order valence-electron chi connectivity index (χ3n) is 2.90. The normalized spacial score (nSPS) is 10.6. The standard InChI is InChI=1S/C17H16O2/c1-13-3-8-15(9-4-13)17(18)12-7-14-5-10-16(19-2)11-6-14/h3-12H,1-2H3/p+1/b12-7+. The van der Waals surface area contributed by atoms with Crippen LogP contribution >= 0.6 is 0 Å². The first-order chi connectivity index (χ1) is 9.19. The molecule has 2 nitrogen and oxygen atoms in total. The average Bonchev–Trinajstić information content (AvgIpc) is 2.46. The molecule has 0 spiro atoms. The number of methoxy groups -OCH3 is 1. The van der Waals surface area contributed by atoms with Crippen LogP contribution in [0.15, 0.2) is 54.6 Å². The maximum absolute atomic E-state index is 9.98. The predicted octanol–water partition coefficient (Wildman–Crippen LogP) is 3.61. The van der Waals surface area contributed by atoms with Crippen molar-refractivity contribution in [2.75, 3.05) is 7.11 Å². The summed E-state index contributed by atoms with van der Waals surface area (Å²) in [4.78, 5) is 9.98. The molecule has 0 aliphatic heterocycles. The molecule has 0 aliphatic carbocycles. The number of carbonyl (C=O) groups excluding carboxylic acids is 1. The van der Waals surface area contributed by atoms with E-state index in [2.05, 4.69) is 0 Å². The molecule has 0 aromatic heterocycles. The van der Waals surface area contributed by atoms with Gasteiger partial charge in [0.1, 0.15) is 5.75 Å². The molecule has 96 valence electrons. The van der Waals surface area contributed by atoms with E-state index in [1.807, 2.05) is 61.5 Å². The van der Waals surface area contributed by atoms with Gasteiger partial charge in [0.2, 0.25) is 0 Å². The second-order valence-electron chi connectivity index (χ2n) is 4.36. The van der Waals surface area contributed by atoms with Crippen molar-refractivity contribution in [3.05, 3.63) is 71.3 Å². The Morgan fingerprint density at radius 1 is 1.00 bits per heavy atom. The first-order valence-electron chi connectivity index (χ1n) is 6.14. The summed E-state index contributed by atoms with van der Waals surface area (Å²) in [6.07, 6.45) is 3.57. The average molecular weight is 253 g/mol. The van der Waals surface area contributed by atoms with Crippen LogP contribution in [-0.4, -0.2) is 17.7 Å². The Labute approximate surface area is 113 Å². The van der Waals surface area contributed by atoms with Crippen LogP contribution in [0.1, 0.15) is 16.7 Å². The molecule has 0 saturated carbocycles. The number of hydrogen-bond donors (Lipinski definition) is 0. The fourth-order valence-corrected chi connectivity index (χ4v) is 1.71. The quantitative estimate of drug-likeness (QED) is 0.465. The lowest BCUT2D eigenvalue weighted by Crippen LogP contribution is -1.95. The molecule has 2 aromatic carbocycles. The minimum atomic E-state index is 0.260. The van der Waals surface area contributed by atoms with Crippen molar-refractivity contribution in [2.24, 2.45) is 0 Å². The molecule has 2 rings (SSSR count). The third-order valence-corrected chi connectivity index (χ3v) is 2.90. The van der Waals surface area contributed by atoms with E-state index < -0.39 is 0 Å². The zero-order chi connectivity index (χ0) is 13.7. The first kappa shape index (κ1) is 13.1. The van der Waals surface area contributed by atoms with E-state index >= 15 is 0 Å². The Balaban J connectivity index is 2.08. The van der Waals surface area contributed by atoms with E-state index in [9.17, 15) is 4.79 Å². The molecule has 19 heavy (non-hydrogen) atoms. The van der Waals surface area contributed by atoms with Crippen LogP contribution in [0.25, 0.3) is 6.08 Å². The zero-order valence-corrected chi connectivity index (χ0v) is 11.1. The Kier molecular flexibility index (Phi) is 4.14. The van der Waals surface area contributed by atoms with Crippen molar-refractivity contribution in [2.45, 2.75) is 6.92 Å². The van der Waals surface area contributed by atoms with Gasteiger partial charge in [-0.25, -0.2) is 0 Å². The molecule has 0 atom stereocenters. The van der Waals surface area contributed by atoms with E-state index in [-0.39, 0.29) is 5.78 Å². The van der Waals surface area contributed by atoms with Gasteiger partial charge in [0.25, 0.3) is 0 Å². The molecular formula is C17H17O2+. The van der Waals surface area contributed by atoms with Crippen LogP contribution in [0.5, 0.6) is 5.75 Å². The first-order valence-corrected chi connectivity index (χ1v) is 6.14. The van der Waals surface area contributed by atoms with Gasteiger partial charge in [0, 0.05) is 6.08 Å². The Bertz CT molecular complexity index is 578. The van der Waals surface area contributed by atoms with Gasteiger partial charge in [0.15, 0.2) is 0 Å². The Morgan fingerprint density at radius 2 is 1.63 bits per heavy atom. The number of ether oxygens (including phenoxy) is 1. The van der Waals surface area contributed by atoms with E-state index in [0.29, 0.717) is 0 Å². The van der Waals surface area contributed by atoms with Crippen LogP contribution in [0.4, 0.5) is 0 Å². The number of benzene rings is 2. The fourth-order valence-electron chi connectivity index (χ4n) is 1.71. The number of aryl methyl sites for hydroxylation is 1. The third kappa shape index (κ3) is 3.55. The number of hydrogen-bond acceptors (Lipinski definition) is 1. The van der Waals surface area contributed by atoms with Crippen LogP contribution in [-0.2, 0) is 0 Å². The monoisotopic (exact) mass is 253 g/mol. The van der Waals surface area contributed by atoms with Crippen LogP contribution in [0.2, 0.25) is 0 Å². The lowest BCUT2D eigenvalue weighted by atomic mass is 10.1. The second-order valence-corrected chi connectivity index (χ2v) is 4.36. The molecule has 0 saturated heterocycles. The highest BCUT2D eigenvalue weighted by atomic mass is 16.5. The minimum Gasteiger partial charge on any atom is -0.497 e. The van der Waals surface area contributed by atoms with Crippen molar-refractivity contribution in [3.8, 4) is 5.75 Å². The number of ketones is 1.